The van der Waals surface area contributed by atoms with Gasteiger partial charge in [0.2, 0.25) is 5.88 Å². The molecule has 0 radical (unpaired) electrons. The van der Waals surface area contributed by atoms with Crippen molar-refractivity contribution in [3.63, 3.8) is 0 Å². The Kier molecular flexibility index (Phi) is 4.06. The summed E-state index contributed by atoms with van der Waals surface area (Å²) in [6.07, 6.45) is 0.933. The Labute approximate surface area is 145 Å². The number of aromatic nitrogens is 2. The van der Waals surface area contributed by atoms with Gasteiger partial charge in [-0.2, -0.15) is 5.10 Å². The zero-order valence-corrected chi connectivity index (χ0v) is 14.1. The number of ether oxygens (including phenoxy) is 1. The van der Waals surface area contributed by atoms with Gasteiger partial charge in [0.15, 0.2) is 5.69 Å². The van der Waals surface area contributed by atoms with E-state index in [-0.39, 0.29) is 5.91 Å². The van der Waals surface area contributed by atoms with Gasteiger partial charge >= 0.3 is 0 Å². The van der Waals surface area contributed by atoms with Gasteiger partial charge < -0.3 is 14.5 Å². The Morgan fingerprint density at radius 2 is 1.83 bits per heavy atom. The molecule has 7 heteroatoms. The van der Waals surface area contributed by atoms with Crippen molar-refractivity contribution in [2.75, 3.05) is 37.7 Å². The van der Waals surface area contributed by atoms with Crippen molar-refractivity contribution in [3.8, 4) is 5.88 Å². The molecule has 0 saturated carbocycles. The smallest absolute Gasteiger partial charge is 0.274 e. The molecule has 3 heterocycles. The Hall–Kier alpha value is -2.21. The molecule has 2 aromatic rings. The third-order valence-corrected chi connectivity index (χ3v) is 4.74. The highest BCUT2D eigenvalue weighted by Gasteiger charge is 2.26. The molecule has 6 nitrogen and oxygen atoms in total. The van der Waals surface area contributed by atoms with Crippen LogP contribution in [0.5, 0.6) is 5.88 Å². The number of anilines is 1. The standard InChI is InChI=1S/C17H19ClN4O2/c18-13-2-4-14(5-3-13)20-7-9-21(10-8-20)17(23)15-12-16-22(19-15)6-1-11-24-16/h2-5,12H,1,6-11H2. The van der Waals surface area contributed by atoms with Crippen LogP contribution in [0.25, 0.3) is 0 Å². The number of carbonyl (C=O) groups excluding carboxylic acids is 1. The minimum Gasteiger partial charge on any atom is -0.478 e. The fraction of sp³-hybridized carbons (Fsp3) is 0.412. The SMILES string of the molecule is O=C(c1cc2n(n1)CCCO2)N1CCN(c2ccc(Cl)cc2)CC1. The van der Waals surface area contributed by atoms with E-state index >= 15 is 0 Å². The van der Waals surface area contributed by atoms with Crippen LogP contribution >= 0.6 is 11.6 Å². The normalized spacial score (nSPS) is 17.4. The second-order valence-electron chi connectivity index (χ2n) is 6.05. The van der Waals surface area contributed by atoms with Crippen LogP contribution in [0.15, 0.2) is 30.3 Å². The molecule has 2 aliphatic heterocycles. The third kappa shape index (κ3) is 2.94. The van der Waals surface area contributed by atoms with E-state index in [1.165, 1.54) is 0 Å². The van der Waals surface area contributed by atoms with E-state index in [9.17, 15) is 4.79 Å². The molecule has 1 fully saturated rings. The second kappa shape index (κ2) is 6.36. The molecule has 1 amide bonds. The lowest BCUT2D eigenvalue weighted by atomic mass is 10.2. The molecule has 0 unspecified atom stereocenters. The number of benzene rings is 1. The van der Waals surface area contributed by atoms with Crippen molar-refractivity contribution < 1.29 is 9.53 Å². The predicted molar refractivity (Wildman–Crippen MR) is 91.9 cm³/mol. The maximum Gasteiger partial charge on any atom is 0.274 e. The minimum atomic E-state index is -0.0174. The maximum atomic E-state index is 12.7. The maximum absolute atomic E-state index is 12.7. The number of fused-ring (bicyclic) bond motifs is 1. The molecule has 0 atom stereocenters. The van der Waals surface area contributed by atoms with Crippen LogP contribution in [0.3, 0.4) is 0 Å². The van der Waals surface area contributed by atoms with Crippen LogP contribution < -0.4 is 9.64 Å². The molecular formula is C17H19ClN4O2. The van der Waals surface area contributed by atoms with Crippen molar-refractivity contribution in [2.24, 2.45) is 0 Å². The Morgan fingerprint density at radius 1 is 1.08 bits per heavy atom. The average molecular weight is 347 g/mol. The van der Waals surface area contributed by atoms with E-state index in [0.29, 0.717) is 31.3 Å². The van der Waals surface area contributed by atoms with Crippen molar-refractivity contribution in [2.45, 2.75) is 13.0 Å². The zero-order chi connectivity index (χ0) is 16.5. The molecule has 1 saturated heterocycles. The molecule has 1 aromatic heterocycles. The number of rotatable bonds is 2. The number of carbonyl (C=O) groups is 1. The molecule has 4 rings (SSSR count). The van der Waals surface area contributed by atoms with Crippen LogP contribution in [0, 0.1) is 0 Å². The molecule has 0 bridgehead atoms. The lowest BCUT2D eigenvalue weighted by molar-refractivity contribution is 0.0740. The van der Waals surface area contributed by atoms with E-state index in [1.807, 2.05) is 29.2 Å². The fourth-order valence-corrected chi connectivity index (χ4v) is 3.28. The molecular weight excluding hydrogens is 328 g/mol. The van der Waals surface area contributed by atoms with E-state index in [1.54, 1.807) is 10.7 Å². The summed E-state index contributed by atoms with van der Waals surface area (Å²) >= 11 is 5.94. The summed E-state index contributed by atoms with van der Waals surface area (Å²) < 4.78 is 7.32. The number of halogens is 1. The van der Waals surface area contributed by atoms with Crippen molar-refractivity contribution in [3.05, 3.63) is 41.0 Å². The molecule has 0 N–H and O–H groups in total. The van der Waals surface area contributed by atoms with Crippen molar-refractivity contribution >= 4 is 23.2 Å². The van der Waals surface area contributed by atoms with Crippen LogP contribution in [0.4, 0.5) is 5.69 Å². The highest BCUT2D eigenvalue weighted by molar-refractivity contribution is 6.30. The number of amides is 1. The first kappa shape index (κ1) is 15.3. The van der Waals surface area contributed by atoms with Gasteiger partial charge in [0, 0.05) is 55.9 Å². The Bertz CT molecular complexity index is 712. The molecule has 2 aliphatic rings. The summed E-state index contributed by atoms with van der Waals surface area (Å²) in [5.41, 5.74) is 1.61. The lowest BCUT2D eigenvalue weighted by Crippen LogP contribution is -2.48. The van der Waals surface area contributed by atoms with Crippen LogP contribution in [-0.4, -0.2) is 53.4 Å². The number of hydrogen-bond acceptors (Lipinski definition) is 4. The first-order chi connectivity index (χ1) is 11.7. The summed E-state index contributed by atoms with van der Waals surface area (Å²) in [4.78, 5) is 16.8. The highest BCUT2D eigenvalue weighted by Crippen LogP contribution is 2.22. The molecule has 0 aliphatic carbocycles. The monoisotopic (exact) mass is 346 g/mol. The van der Waals surface area contributed by atoms with Gasteiger partial charge in [-0.25, -0.2) is 4.68 Å². The molecule has 1 aromatic carbocycles. The Morgan fingerprint density at radius 3 is 2.54 bits per heavy atom. The minimum absolute atomic E-state index is 0.0174. The van der Waals surface area contributed by atoms with Gasteiger partial charge in [-0.05, 0) is 24.3 Å². The van der Waals surface area contributed by atoms with Gasteiger partial charge in [0.25, 0.3) is 5.91 Å². The van der Waals surface area contributed by atoms with Crippen molar-refractivity contribution in [1.82, 2.24) is 14.7 Å². The third-order valence-electron chi connectivity index (χ3n) is 4.49. The zero-order valence-electron chi connectivity index (χ0n) is 13.3. The first-order valence-corrected chi connectivity index (χ1v) is 8.59. The Balaban J connectivity index is 1.41. The average Bonchev–Trinajstić information content (AvgIpc) is 3.06. The van der Waals surface area contributed by atoms with E-state index in [0.717, 1.165) is 36.8 Å². The van der Waals surface area contributed by atoms with Crippen molar-refractivity contribution in [1.29, 1.82) is 0 Å². The number of nitrogens with zero attached hydrogens (tertiary/aromatic N) is 4. The van der Waals surface area contributed by atoms with E-state index in [4.69, 9.17) is 16.3 Å². The van der Waals surface area contributed by atoms with Gasteiger partial charge in [-0.1, -0.05) is 11.6 Å². The fourth-order valence-electron chi connectivity index (χ4n) is 3.15. The summed E-state index contributed by atoms with van der Waals surface area (Å²) in [5, 5.41) is 5.12. The number of aryl methyl sites for hydroxylation is 1. The van der Waals surface area contributed by atoms with Gasteiger partial charge in [-0.3, -0.25) is 4.79 Å². The van der Waals surface area contributed by atoms with Crippen LogP contribution in [0.1, 0.15) is 16.9 Å². The predicted octanol–water partition coefficient (Wildman–Crippen LogP) is 2.28. The lowest BCUT2D eigenvalue weighted by Gasteiger charge is -2.35. The van der Waals surface area contributed by atoms with Crippen LogP contribution in [-0.2, 0) is 6.54 Å². The van der Waals surface area contributed by atoms with Gasteiger partial charge in [0.05, 0.1) is 6.61 Å². The largest absolute Gasteiger partial charge is 0.478 e. The topological polar surface area (TPSA) is 50.6 Å². The molecule has 0 spiro atoms. The summed E-state index contributed by atoms with van der Waals surface area (Å²) in [6, 6.07) is 9.57. The number of hydrogen-bond donors (Lipinski definition) is 0. The van der Waals surface area contributed by atoms with E-state index < -0.39 is 0 Å². The van der Waals surface area contributed by atoms with E-state index in [2.05, 4.69) is 10.00 Å². The van der Waals surface area contributed by atoms with Gasteiger partial charge in [-0.15, -0.1) is 0 Å². The summed E-state index contributed by atoms with van der Waals surface area (Å²) in [6.45, 7) is 4.48. The summed E-state index contributed by atoms with van der Waals surface area (Å²) in [5.74, 6) is 0.681. The number of piperazine rings is 1. The molecule has 126 valence electrons. The first-order valence-electron chi connectivity index (χ1n) is 8.21. The summed E-state index contributed by atoms with van der Waals surface area (Å²) in [7, 11) is 0. The highest BCUT2D eigenvalue weighted by atomic mass is 35.5. The second-order valence-corrected chi connectivity index (χ2v) is 6.49. The van der Waals surface area contributed by atoms with Crippen LogP contribution in [0.2, 0.25) is 5.02 Å². The van der Waals surface area contributed by atoms with Gasteiger partial charge in [0.1, 0.15) is 0 Å². The molecule has 24 heavy (non-hydrogen) atoms. The quantitative estimate of drug-likeness (QED) is 0.837.